The number of halogens is 1. The first-order chi connectivity index (χ1) is 12.0. The Labute approximate surface area is 157 Å². The number of phenols is 1. The molecule has 0 spiro atoms. The molecule has 7 nitrogen and oxygen atoms in total. The molecule has 3 N–H and O–H groups in total. The van der Waals surface area contributed by atoms with Crippen LogP contribution >= 0.6 is 11.6 Å². The van der Waals surface area contributed by atoms with Crippen molar-refractivity contribution < 1.29 is 19.4 Å². The van der Waals surface area contributed by atoms with Crippen LogP contribution < -0.4 is 10.6 Å². The molecular formula is C18H22ClN3O4. The molecule has 140 valence electrons. The number of phenolic OH excluding ortho intramolecular Hbond substituents is 1. The molecule has 1 saturated carbocycles. The van der Waals surface area contributed by atoms with Crippen molar-refractivity contribution in [3.8, 4) is 11.8 Å². The number of nitriles is 1. The molecule has 2 rings (SSSR count). The van der Waals surface area contributed by atoms with Crippen LogP contribution in [0.25, 0.3) is 0 Å². The van der Waals surface area contributed by atoms with E-state index in [4.69, 9.17) is 21.6 Å². The monoisotopic (exact) mass is 379 g/mol. The second-order valence-corrected chi connectivity index (χ2v) is 7.78. The first-order valence-corrected chi connectivity index (χ1v) is 8.61. The summed E-state index contributed by atoms with van der Waals surface area (Å²) in [6, 6.07) is 5.67. The predicted octanol–water partition coefficient (Wildman–Crippen LogP) is 2.65. The SMILES string of the molecule is CC(C)(C)OC(=O)NC(Cc1ccc(O)c(Cl)c1)C(=O)NC1(C#N)CC1. The molecule has 0 saturated heterocycles. The standard InChI is InChI=1S/C18H22ClN3O4/c1-17(2,3)26-16(25)21-13(15(24)22-18(10-20)6-7-18)9-11-4-5-14(23)12(19)8-11/h4-5,8,13,23H,6-7,9H2,1-3H3,(H,21,25)(H,22,24). The molecule has 1 aromatic rings. The highest BCUT2D eigenvalue weighted by molar-refractivity contribution is 6.32. The largest absolute Gasteiger partial charge is 0.506 e. The highest BCUT2D eigenvalue weighted by atomic mass is 35.5. The Morgan fingerprint density at radius 2 is 2.08 bits per heavy atom. The van der Waals surface area contributed by atoms with Gasteiger partial charge >= 0.3 is 6.09 Å². The van der Waals surface area contributed by atoms with Crippen LogP contribution in [-0.2, 0) is 16.0 Å². The zero-order chi connectivity index (χ0) is 19.5. The highest BCUT2D eigenvalue weighted by Gasteiger charge is 2.45. The Balaban J connectivity index is 2.14. The lowest BCUT2D eigenvalue weighted by molar-refractivity contribution is -0.123. The maximum Gasteiger partial charge on any atom is 0.408 e. The minimum atomic E-state index is -0.948. The molecule has 0 radical (unpaired) electrons. The van der Waals surface area contributed by atoms with E-state index in [9.17, 15) is 14.7 Å². The Bertz CT molecular complexity index is 748. The number of hydrogen-bond acceptors (Lipinski definition) is 5. The lowest BCUT2D eigenvalue weighted by Crippen LogP contribution is -2.52. The molecule has 0 heterocycles. The molecule has 1 atom stereocenters. The third kappa shape index (κ3) is 5.53. The lowest BCUT2D eigenvalue weighted by Gasteiger charge is -2.24. The van der Waals surface area contributed by atoms with E-state index in [1.807, 2.05) is 0 Å². The van der Waals surface area contributed by atoms with Crippen LogP contribution in [0.15, 0.2) is 18.2 Å². The second kappa shape index (κ2) is 7.42. The number of aromatic hydroxyl groups is 1. The van der Waals surface area contributed by atoms with Gasteiger partial charge in [0, 0.05) is 6.42 Å². The summed E-state index contributed by atoms with van der Waals surface area (Å²) in [6.45, 7) is 5.16. The molecule has 1 aliphatic carbocycles. The Morgan fingerprint density at radius 3 is 2.58 bits per heavy atom. The summed E-state index contributed by atoms with van der Waals surface area (Å²) >= 11 is 5.90. The summed E-state index contributed by atoms with van der Waals surface area (Å²) in [5.74, 6) is -0.544. The van der Waals surface area contributed by atoms with Crippen LogP contribution in [0.2, 0.25) is 5.02 Å². The third-order valence-electron chi connectivity index (χ3n) is 3.79. The smallest absolute Gasteiger partial charge is 0.408 e. The number of nitrogens with zero attached hydrogens (tertiary/aromatic N) is 1. The van der Waals surface area contributed by atoms with E-state index in [-0.39, 0.29) is 17.2 Å². The fourth-order valence-corrected chi connectivity index (χ4v) is 2.49. The van der Waals surface area contributed by atoms with Crippen molar-refractivity contribution in [2.75, 3.05) is 0 Å². The highest BCUT2D eigenvalue weighted by Crippen LogP contribution is 2.34. The van der Waals surface area contributed by atoms with Gasteiger partial charge in [0.05, 0.1) is 11.1 Å². The maximum atomic E-state index is 12.6. The summed E-state index contributed by atoms with van der Waals surface area (Å²) in [4.78, 5) is 24.7. The van der Waals surface area contributed by atoms with Crippen LogP contribution in [0.3, 0.4) is 0 Å². The van der Waals surface area contributed by atoms with Gasteiger partial charge in [-0.05, 0) is 51.3 Å². The third-order valence-corrected chi connectivity index (χ3v) is 4.09. The lowest BCUT2D eigenvalue weighted by atomic mass is 10.0. The van der Waals surface area contributed by atoms with E-state index in [0.717, 1.165) is 0 Å². The van der Waals surface area contributed by atoms with Crippen LogP contribution in [-0.4, -0.2) is 34.3 Å². The van der Waals surface area contributed by atoms with E-state index >= 15 is 0 Å². The van der Waals surface area contributed by atoms with Crippen molar-refractivity contribution in [2.45, 2.75) is 57.2 Å². The van der Waals surface area contributed by atoms with E-state index in [1.54, 1.807) is 26.8 Å². The van der Waals surface area contributed by atoms with E-state index in [0.29, 0.717) is 18.4 Å². The zero-order valence-corrected chi connectivity index (χ0v) is 15.7. The zero-order valence-electron chi connectivity index (χ0n) is 14.9. The number of benzene rings is 1. The van der Waals surface area contributed by atoms with Gasteiger partial charge in [-0.1, -0.05) is 17.7 Å². The Morgan fingerprint density at radius 1 is 1.42 bits per heavy atom. The first-order valence-electron chi connectivity index (χ1n) is 8.24. The van der Waals surface area contributed by atoms with Crippen molar-refractivity contribution in [1.82, 2.24) is 10.6 Å². The molecule has 1 unspecified atom stereocenters. The summed E-state index contributed by atoms with van der Waals surface area (Å²) < 4.78 is 5.21. The molecule has 0 aliphatic heterocycles. The molecular weight excluding hydrogens is 358 g/mol. The molecule has 1 aromatic carbocycles. The normalized spacial score (nSPS) is 16.1. The molecule has 0 aromatic heterocycles. The number of amides is 2. The number of carbonyl (C=O) groups is 2. The second-order valence-electron chi connectivity index (χ2n) is 7.37. The fourth-order valence-electron chi connectivity index (χ4n) is 2.28. The summed E-state index contributed by atoms with van der Waals surface area (Å²) in [6.07, 6.45) is 0.565. The number of carbonyl (C=O) groups excluding carboxylic acids is 2. The minimum absolute atomic E-state index is 0.0714. The molecule has 1 fully saturated rings. The predicted molar refractivity (Wildman–Crippen MR) is 95.7 cm³/mol. The van der Waals surface area contributed by atoms with Crippen LogP contribution in [0.4, 0.5) is 4.79 Å². The van der Waals surface area contributed by atoms with Gasteiger partial charge in [0.15, 0.2) is 0 Å². The van der Waals surface area contributed by atoms with Gasteiger partial charge in [0.25, 0.3) is 0 Å². The quantitative estimate of drug-likeness (QED) is 0.728. The van der Waals surface area contributed by atoms with Crippen molar-refractivity contribution in [1.29, 1.82) is 5.26 Å². The molecule has 26 heavy (non-hydrogen) atoms. The summed E-state index contributed by atoms with van der Waals surface area (Å²) in [5.41, 5.74) is -0.916. The van der Waals surface area contributed by atoms with Gasteiger partial charge in [-0.25, -0.2) is 4.79 Å². The van der Waals surface area contributed by atoms with Crippen molar-refractivity contribution >= 4 is 23.6 Å². The first kappa shape index (κ1) is 19.9. The number of hydrogen-bond donors (Lipinski definition) is 3. The number of alkyl carbamates (subject to hydrolysis) is 1. The van der Waals surface area contributed by atoms with Gasteiger partial charge in [-0.15, -0.1) is 0 Å². The number of ether oxygens (including phenoxy) is 1. The maximum absolute atomic E-state index is 12.6. The van der Waals surface area contributed by atoms with E-state index < -0.39 is 29.2 Å². The van der Waals surface area contributed by atoms with Gasteiger partial charge in [0.1, 0.15) is 22.9 Å². The van der Waals surface area contributed by atoms with Crippen LogP contribution in [0.5, 0.6) is 5.75 Å². The molecule has 1 aliphatic rings. The Kier molecular flexibility index (Phi) is 5.67. The number of nitrogens with one attached hydrogen (secondary N) is 2. The molecule has 2 amide bonds. The van der Waals surface area contributed by atoms with Gasteiger partial charge in [-0.2, -0.15) is 5.26 Å². The van der Waals surface area contributed by atoms with E-state index in [1.165, 1.54) is 12.1 Å². The molecule has 0 bridgehead atoms. The topological polar surface area (TPSA) is 111 Å². The van der Waals surface area contributed by atoms with Crippen LogP contribution in [0.1, 0.15) is 39.2 Å². The molecule has 8 heteroatoms. The summed E-state index contributed by atoms with van der Waals surface area (Å²) in [7, 11) is 0. The number of rotatable bonds is 5. The van der Waals surface area contributed by atoms with Gasteiger partial charge in [-0.3, -0.25) is 4.79 Å². The van der Waals surface area contributed by atoms with Crippen molar-refractivity contribution in [3.05, 3.63) is 28.8 Å². The van der Waals surface area contributed by atoms with Gasteiger partial charge < -0.3 is 20.5 Å². The van der Waals surface area contributed by atoms with Gasteiger partial charge in [0.2, 0.25) is 5.91 Å². The average Bonchev–Trinajstić information content (AvgIpc) is 3.28. The van der Waals surface area contributed by atoms with E-state index in [2.05, 4.69) is 16.7 Å². The minimum Gasteiger partial charge on any atom is -0.506 e. The van der Waals surface area contributed by atoms with Crippen molar-refractivity contribution in [3.63, 3.8) is 0 Å². The Hall–Kier alpha value is -2.46. The van der Waals surface area contributed by atoms with Crippen molar-refractivity contribution in [2.24, 2.45) is 0 Å². The summed E-state index contributed by atoms with van der Waals surface area (Å²) in [5, 5.41) is 24.0. The average molecular weight is 380 g/mol. The fraction of sp³-hybridized carbons (Fsp3) is 0.500. The van der Waals surface area contributed by atoms with Crippen LogP contribution in [0, 0.1) is 11.3 Å².